The van der Waals surface area contributed by atoms with E-state index in [2.05, 4.69) is 4.98 Å². The summed E-state index contributed by atoms with van der Waals surface area (Å²) in [6, 6.07) is 8.91. The Morgan fingerprint density at radius 2 is 2.08 bits per heavy atom. The van der Waals surface area contributed by atoms with E-state index in [1.54, 1.807) is 17.0 Å². The molecule has 1 saturated heterocycles. The van der Waals surface area contributed by atoms with Gasteiger partial charge in [-0.3, -0.25) is 4.79 Å². The van der Waals surface area contributed by atoms with Gasteiger partial charge in [-0.05, 0) is 36.2 Å². The summed E-state index contributed by atoms with van der Waals surface area (Å²) in [5.41, 5.74) is 7.13. The number of aliphatic hydroxyl groups excluding tert-OH is 1. The molecule has 2 aromatic rings. The third-order valence-electron chi connectivity index (χ3n) is 4.72. The van der Waals surface area contributed by atoms with Crippen LogP contribution in [-0.2, 0) is 0 Å². The van der Waals surface area contributed by atoms with E-state index in [0.29, 0.717) is 30.1 Å². The molecule has 2 atom stereocenters. The summed E-state index contributed by atoms with van der Waals surface area (Å²) in [5.74, 6) is 1.55. The van der Waals surface area contributed by atoms with Crippen molar-refractivity contribution in [3.63, 3.8) is 0 Å². The van der Waals surface area contributed by atoms with Gasteiger partial charge in [0, 0.05) is 30.8 Å². The van der Waals surface area contributed by atoms with Crippen molar-refractivity contribution in [3.8, 4) is 11.5 Å². The normalized spacial score (nSPS) is 22.0. The molecule has 4 rings (SSSR count). The summed E-state index contributed by atoms with van der Waals surface area (Å²) in [6.45, 7) is 1.07. The number of carbonyl (C=O) groups excluding carboxylic acids is 1. The Hall–Kier alpha value is -2.80. The maximum Gasteiger partial charge on any atom is 0.254 e. The fourth-order valence-electron chi connectivity index (χ4n) is 3.41. The van der Waals surface area contributed by atoms with Gasteiger partial charge in [0.15, 0.2) is 11.5 Å². The number of hydrogen-bond acceptors (Lipinski definition) is 6. The lowest BCUT2D eigenvalue weighted by atomic mass is 9.86. The van der Waals surface area contributed by atoms with Gasteiger partial charge < -0.3 is 25.2 Å². The third kappa shape index (κ3) is 2.98. The van der Waals surface area contributed by atoms with Crippen molar-refractivity contribution in [3.05, 3.63) is 47.7 Å². The molecular formula is C18H19N3O4. The van der Waals surface area contributed by atoms with Crippen LogP contribution in [0, 0.1) is 0 Å². The van der Waals surface area contributed by atoms with Crippen molar-refractivity contribution in [1.82, 2.24) is 9.88 Å². The number of rotatable bonds is 2. The molecule has 25 heavy (non-hydrogen) atoms. The fraction of sp³-hybridized carbons (Fsp3) is 0.333. The molecule has 2 aliphatic rings. The Labute approximate surface area is 145 Å². The monoisotopic (exact) mass is 341 g/mol. The fourth-order valence-corrected chi connectivity index (χ4v) is 3.41. The summed E-state index contributed by atoms with van der Waals surface area (Å²) in [7, 11) is 0. The number of likely N-dealkylation sites (tertiary alicyclic amines) is 1. The van der Waals surface area contributed by atoms with Crippen LogP contribution in [0.3, 0.4) is 0 Å². The number of anilines is 1. The lowest BCUT2D eigenvalue weighted by molar-refractivity contribution is 0.0381. The van der Waals surface area contributed by atoms with Gasteiger partial charge in [-0.15, -0.1) is 0 Å². The number of amides is 1. The molecule has 2 aliphatic heterocycles. The summed E-state index contributed by atoms with van der Waals surface area (Å²) in [6.07, 6.45) is 1.54. The smallest absolute Gasteiger partial charge is 0.254 e. The third-order valence-corrected chi connectivity index (χ3v) is 4.72. The molecule has 130 valence electrons. The molecule has 1 amide bonds. The number of aromatic nitrogens is 1. The van der Waals surface area contributed by atoms with E-state index in [1.807, 2.05) is 18.2 Å². The van der Waals surface area contributed by atoms with Crippen molar-refractivity contribution in [2.45, 2.75) is 18.4 Å². The SMILES string of the molecule is Nc1cc(C(=O)N2CC[C@@H](c3ccc4c(c3)OCO4)[C@H](O)C2)ccn1. The Morgan fingerprint density at radius 1 is 1.24 bits per heavy atom. The zero-order chi connectivity index (χ0) is 17.4. The van der Waals surface area contributed by atoms with Gasteiger partial charge in [0.25, 0.3) is 5.91 Å². The molecule has 3 N–H and O–H groups in total. The Bertz CT molecular complexity index is 811. The van der Waals surface area contributed by atoms with Gasteiger partial charge in [0.2, 0.25) is 6.79 Å². The molecule has 3 heterocycles. The number of fused-ring (bicyclic) bond motifs is 1. The number of ether oxygens (including phenoxy) is 2. The van der Waals surface area contributed by atoms with Gasteiger partial charge in [0.1, 0.15) is 5.82 Å². The molecule has 0 radical (unpaired) electrons. The van der Waals surface area contributed by atoms with E-state index in [-0.39, 0.29) is 25.2 Å². The van der Waals surface area contributed by atoms with Crippen LogP contribution in [0.1, 0.15) is 28.3 Å². The molecule has 0 bridgehead atoms. The lowest BCUT2D eigenvalue weighted by Gasteiger charge is -2.36. The highest BCUT2D eigenvalue weighted by molar-refractivity contribution is 5.94. The van der Waals surface area contributed by atoms with Crippen molar-refractivity contribution in [2.75, 3.05) is 25.6 Å². The maximum absolute atomic E-state index is 12.6. The van der Waals surface area contributed by atoms with Crippen LogP contribution in [0.15, 0.2) is 36.5 Å². The number of pyridine rings is 1. The highest BCUT2D eigenvalue weighted by atomic mass is 16.7. The molecule has 1 fully saturated rings. The van der Waals surface area contributed by atoms with Crippen molar-refractivity contribution >= 4 is 11.7 Å². The average molecular weight is 341 g/mol. The Kier molecular flexibility index (Phi) is 3.93. The Balaban J connectivity index is 1.48. The minimum Gasteiger partial charge on any atom is -0.454 e. The van der Waals surface area contributed by atoms with E-state index in [9.17, 15) is 9.90 Å². The van der Waals surface area contributed by atoms with E-state index in [1.165, 1.54) is 6.20 Å². The second-order valence-corrected chi connectivity index (χ2v) is 6.30. The number of carbonyl (C=O) groups is 1. The van der Waals surface area contributed by atoms with Crippen LogP contribution in [0.4, 0.5) is 5.82 Å². The minimum atomic E-state index is -0.641. The number of piperidine rings is 1. The van der Waals surface area contributed by atoms with Gasteiger partial charge in [0.05, 0.1) is 6.10 Å². The first-order valence-corrected chi connectivity index (χ1v) is 8.20. The Morgan fingerprint density at radius 3 is 2.88 bits per heavy atom. The van der Waals surface area contributed by atoms with Crippen LogP contribution in [0.2, 0.25) is 0 Å². The molecule has 0 unspecified atom stereocenters. The van der Waals surface area contributed by atoms with Gasteiger partial charge >= 0.3 is 0 Å². The van der Waals surface area contributed by atoms with Crippen LogP contribution in [0.5, 0.6) is 11.5 Å². The summed E-state index contributed by atoms with van der Waals surface area (Å²) in [5, 5.41) is 10.6. The maximum atomic E-state index is 12.6. The molecular weight excluding hydrogens is 322 g/mol. The quantitative estimate of drug-likeness (QED) is 0.856. The average Bonchev–Trinajstić information content (AvgIpc) is 3.08. The van der Waals surface area contributed by atoms with E-state index >= 15 is 0 Å². The van der Waals surface area contributed by atoms with Crippen LogP contribution >= 0.6 is 0 Å². The van der Waals surface area contributed by atoms with Crippen molar-refractivity contribution in [1.29, 1.82) is 0 Å². The van der Waals surface area contributed by atoms with Crippen molar-refractivity contribution in [2.24, 2.45) is 0 Å². The lowest BCUT2D eigenvalue weighted by Crippen LogP contribution is -2.45. The standard InChI is InChI=1S/C18H19N3O4/c19-17-8-12(3-5-20-17)18(23)21-6-4-13(14(22)9-21)11-1-2-15-16(7-11)25-10-24-15/h1-3,5,7-8,13-14,22H,4,6,9-10H2,(H2,19,20)/t13-,14+/m0/s1. The van der Waals surface area contributed by atoms with Gasteiger partial charge in [-0.25, -0.2) is 4.98 Å². The molecule has 0 spiro atoms. The number of aliphatic hydroxyl groups is 1. The number of nitrogens with zero attached hydrogens (tertiary/aromatic N) is 2. The zero-order valence-corrected chi connectivity index (χ0v) is 13.6. The van der Waals surface area contributed by atoms with Crippen LogP contribution in [0.25, 0.3) is 0 Å². The summed E-state index contributed by atoms with van der Waals surface area (Å²) >= 11 is 0. The minimum absolute atomic E-state index is 0.0407. The van der Waals surface area contributed by atoms with E-state index in [0.717, 1.165) is 11.3 Å². The zero-order valence-electron chi connectivity index (χ0n) is 13.6. The molecule has 0 aliphatic carbocycles. The van der Waals surface area contributed by atoms with Gasteiger partial charge in [-0.1, -0.05) is 6.07 Å². The molecule has 1 aromatic heterocycles. The highest BCUT2D eigenvalue weighted by Gasteiger charge is 2.32. The summed E-state index contributed by atoms with van der Waals surface area (Å²) in [4.78, 5) is 18.1. The number of β-amino-alcohol motifs (C(OH)–C–C–N with tert-alkyl or cyclic N) is 1. The predicted octanol–water partition coefficient (Wildman–Crippen LogP) is 1.38. The highest BCUT2D eigenvalue weighted by Crippen LogP contribution is 2.37. The number of benzene rings is 1. The number of nitrogen functional groups attached to an aromatic ring is 1. The number of hydrogen-bond donors (Lipinski definition) is 2. The molecule has 1 aromatic carbocycles. The molecule has 7 heteroatoms. The van der Waals surface area contributed by atoms with Crippen LogP contribution in [-0.4, -0.2) is 46.9 Å². The molecule has 0 saturated carbocycles. The number of nitrogens with two attached hydrogens (primary N) is 1. The van der Waals surface area contributed by atoms with Crippen LogP contribution < -0.4 is 15.2 Å². The topological polar surface area (TPSA) is 97.9 Å². The first-order valence-electron chi connectivity index (χ1n) is 8.20. The van der Waals surface area contributed by atoms with E-state index in [4.69, 9.17) is 15.2 Å². The van der Waals surface area contributed by atoms with Crippen molar-refractivity contribution < 1.29 is 19.4 Å². The largest absolute Gasteiger partial charge is 0.454 e. The summed E-state index contributed by atoms with van der Waals surface area (Å²) < 4.78 is 10.7. The first kappa shape index (κ1) is 15.7. The van der Waals surface area contributed by atoms with Gasteiger partial charge in [-0.2, -0.15) is 0 Å². The second-order valence-electron chi connectivity index (χ2n) is 6.30. The van der Waals surface area contributed by atoms with E-state index < -0.39 is 6.10 Å². The second kappa shape index (κ2) is 6.25. The predicted molar refractivity (Wildman–Crippen MR) is 90.5 cm³/mol. The first-order chi connectivity index (χ1) is 12.1. The molecule has 7 nitrogen and oxygen atoms in total.